The maximum atomic E-state index is 11.8. The number of hydrogen-bond acceptors (Lipinski definition) is 4. The van der Waals surface area contributed by atoms with Crippen molar-refractivity contribution in [2.45, 2.75) is 38.6 Å². The van der Waals surface area contributed by atoms with Crippen LogP contribution in [0.25, 0.3) is 0 Å². The Hall–Kier alpha value is -1.37. The molecule has 134 valence electrons. The van der Waals surface area contributed by atoms with Gasteiger partial charge < -0.3 is 20.4 Å². The number of ether oxygens (including phenoxy) is 1. The summed E-state index contributed by atoms with van der Waals surface area (Å²) in [5.41, 5.74) is 8.60. The molecule has 0 spiro atoms. The summed E-state index contributed by atoms with van der Waals surface area (Å²) < 4.78 is 7.75. The van der Waals surface area contributed by atoms with Crippen LogP contribution in [0.3, 0.4) is 0 Å². The van der Waals surface area contributed by atoms with Crippen LogP contribution in [0.15, 0.2) is 6.07 Å². The lowest BCUT2D eigenvalue weighted by atomic mass is 9.94. The predicted octanol–water partition coefficient (Wildman–Crippen LogP) is 1.08. The van der Waals surface area contributed by atoms with Crippen LogP contribution in [-0.4, -0.2) is 61.3 Å². The molecule has 0 aliphatic carbocycles. The molecule has 6 nitrogen and oxygen atoms in total. The van der Waals surface area contributed by atoms with Gasteiger partial charge in [0.25, 0.3) is 5.91 Å². The van der Waals surface area contributed by atoms with Gasteiger partial charge in [0.05, 0.1) is 18.8 Å². The second-order valence-corrected chi connectivity index (χ2v) is 6.92. The minimum absolute atomic E-state index is 0.311. The fourth-order valence-electron chi connectivity index (χ4n) is 3.95. The molecule has 2 saturated heterocycles. The lowest BCUT2D eigenvalue weighted by Gasteiger charge is -2.28. The largest absolute Gasteiger partial charge is 0.379 e. The minimum atomic E-state index is -0.311. The first-order valence-corrected chi connectivity index (χ1v) is 9.17. The van der Waals surface area contributed by atoms with Gasteiger partial charge in [0, 0.05) is 43.5 Å². The number of nitrogens with zero attached hydrogens (tertiary/aromatic N) is 2. The van der Waals surface area contributed by atoms with Crippen molar-refractivity contribution in [3.05, 3.63) is 23.0 Å². The molecule has 3 N–H and O–H groups in total. The first-order valence-electron chi connectivity index (χ1n) is 9.17. The third kappa shape index (κ3) is 3.99. The van der Waals surface area contributed by atoms with Crippen LogP contribution in [-0.2, 0) is 11.3 Å². The summed E-state index contributed by atoms with van der Waals surface area (Å²) in [5.74, 6) is 0.219. The highest BCUT2D eigenvalue weighted by Gasteiger charge is 2.23. The van der Waals surface area contributed by atoms with Crippen LogP contribution in [0.1, 0.15) is 46.9 Å². The van der Waals surface area contributed by atoms with E-state index in [2.05, 4.69) is 14.8 Å². The average Bonchev–Trinajstić information content (AvgIpc) is 2.94. The number of morpholine rings is 1. The third-order valence-electron chi connectivity index (χ3n) is 5.38. The molecule has 2 aliphatic heterocycles. The number of rotatable bonds is 6. The monoisotopic (exact) mass is 334 g/mol. The molecule has 0 saturated carbocycles. The number of primary amides is 1. The number of hydrogen-bond donors (Lipinski definition) is 2. The van der Waals surface area contributed by atoms with E-state index in [9.17, 15) is 4.79 Å². The van der Waals surface area contributed by atoms with E-state index in [0.29, 0.717) is 11.5 Å². The standard InChI is InChI=1S/C18H30N4O2/c1-14-16(18(19)23)13-17(15-3-5-20-6-4-15)22(14)8-2-7-21-9-11-24-12-10-21/h13,15,20H,2-12H2,1H3,(H2,19,23). The van der Waals surface area contributed by atoms with Gasteiger partial charge in [-0.3, -0.25) is 9.69 Å². The fraction of sp³-hybridized carbons (Fsp3) is 0.722. The molecular weight excluding hydrogens is 304 g/mol. The first kappa shape index (κ1) is 17.5. The molecule has 6 heteroatoms. The van der Waals surface area contributed by atoms with Crippen molar-refractivity contribution in [2.75, 3.05) is 45.9 Å². The second-order valence-electron chi connectivity index (χ2n) is 6.92. The van der Waals surface area contributed by atoms with Crippen LogP contribution < -0.4 is 11.1 Å². The normalized spacial score (nSPS) is 20.4. The van der Waals surface area contributed by atoms with E-state index >= 15 is 0 Å². The van der Waals surface area contributed by atoms with E-state index in [1.54, 1.807) is 0 Å². The number of carbonyl (C=O) groups is 1. The van der Waals surface area contributed by atoms with Crippen LogP contribution in [0.4, 0.5) is 0 Å². The molecular formula is C18H30N4O2. The highest BCUT2D eigenvalue weighted by molar-refractivity contribution is 5.94. The number of carbonyl (C=O) groups excluding carboxylic acids is 1. The van der Waals surface area contributed by atoms with Crippen molar-refractivity contribution in [1.82, 2.24) is 14.8 Å². The van der Waals surface area contributed by atoms with Crippen LogP contribution >= 0.6 is 0 Å². The van der Waals surface area contributed by atoms with E-state index in [4.69, 9.17) is 10.5 Å². The molecule has 3 heterocycles. The zero-order valence-corrected chi connectivity index (χ0v) is 14.7. The zero-order chi connectivity index (χ0) is 16.9. The van der Waals surface area contributed by atoms with Crippen molar-refractivity contribution in [2.24, 2.45) is 5.73 Å². The molecule has 1 aromatic heterocycles. The summed E-state index contributed by atoms with van der Waals surface area (Å²) >= 11 is 0. The van der Waals surface area contributed by atoms with Gasteiger partial charge in [-0.2, -0.15) is 0 Å². The summed E-state index contributed by atoms with van der Waals surface area (Å²) in [4.78, 5) is 14.2. The van der Waals surface area contributed by atoms with Crippen LogP contribution in [0.5, 0.6) is 0 Å². The molecule has 1 amide bonds. The SMILES string of the molecule is Cc1c(C(N)=O)cc(C2CCNCC2)n1CCCN1CCOCC1. The Morgan fingerprint density at radius 3 is 2.67 bits per heavy atom. The molecule has 0 bridgehead atoms. The van der Waals surface area contributed by atoms with Crippen molar-refractivity contribution >= 4 is 5.91 Å². The quantitative estimate of drug-likeness (QED) is 0.817. The fourth-order valence-corrected chi connectivity index (χ4v) is 3.95. The highest BCUT2D eigenvalue weighted by atomic mass is 16.5. The van der Waals surface area contributed by atoms with Crippen molar-refractivity contribution in [3.63, 3.8) is 0 Å². The Morgan fingerprint density at radius 1 is 1.29 bits per heavy atom. The van der Waals surface area contributed by atoms with Gasteiger partial charge in [-0.25, -0.2) is 0 Å². The van der Waals surface area contributed by atoms with E-state index in [-0.39, 0.29) is 5.91 Å². The molecule has 1 aromatic rings. The van der Waals surface area contributed by atoms with Gasteiger partial charge >= 0.3 is 0 Å². The predicted molar refractivity (Wildman–Crippen MR) is 94.4 cm³/mol. The van der Waals surface area contributed by atoms with Gasteiger partial charge in [-0.15, -0.1) is 0 Å². The summed E-state index contributed by atoms with van der Waals surface area (Å²) in [6.07, 6.45) is 3.35. The Kier molecular flexibility index (Phi) is 5.92. The molecule has 2 aliphatic rings. The molecule has 2 fully saturated rings. The molecule has 0 atom stereocenters. The number of aromatic nitrogens is 1. The molecule has 0 radical (unpaired) electrons. The summed E-state index contributed by atoms with van der Waals surface area (Å²) in [6, 6.07) is 2.04. The number of amides is 1. The lowest BCUT2D eigenvalue weighted by Crippen LogP contribution is -2.37. The molecule has 24 heavy (non-hydrogen) atoms. The number of nitrogens with two attached hydrogens (primary N) is 1. The first-order chi connectivity index (χ1) is 11.7. The van der Waals surface area contributed by atoms with Crippen LogP contribution in [0, 0.1) is 6.92 Å². The molecule has 3 rings (SSSR count). The van der Waals surface area contributed by atoms with Crippen molar-refractivity contribution < 1.29 is 9.53 Å². The van der Waals surface area contributed by atoms with E-state index in [1.807, 2.05) is 13.0 Å². The summed E-state index contributed by atoms with van der Waals surface area (Å²) in [5, 5.41) is 3.41. The van der Waals surface area contributed by atoms with Gasteiger partial charge in [-0.1, -0.05) is 0 Å². The third-order valence-corrected chi connectivity index (χ3v) is 5.38. The van der Waals surface area contributed by atoms with Gasteiger partial charge in [0.1, 0.15) is 0 Å². The maximum Gasteiger partial charge on any atom is 0.250 e. The Morgan fingerprint density at radius 2 is 2.00 bits per heavy atom. The number of piperidine rings is 1. The minimum Gasteiger partial charge on any atom is -0.379 e. The lowest BCUT2D eigenvalue weighted by molar-refractivity contribution is 0.0369. The van der Waals surface area contributed by atoms with E-state index in [1.165, 1.54) is 5.69 Å². The topological polar surface area (TPSA) is 72.5 Å². The maximum absolute atomic E-state index is 11.8. The van der Waals surface area contributed by atoms with Crippen molar-refractivity contribution in [1.29, 1.82) is 0 Å². The van der Waals surface area contributed by atoms with Crippen molar-refractivity contribution in [3.8, 4) is 0 Å². The van der Waals surface area contributed by atoms with Gasteiger partial charge in [0.2, 0.25) is 0 Å². The van der Waals surface area contributed by atoms with Crippen LogP contribution in [0.2, 0.25) is 0 Å². The summed E-state index contributed by atoms with van der Waals surface area (Å²) in [7, 11) is 0. The molecule has 0 aromatic carbocycles. The Bertz CT molecular complexity index is 558. The van der Waals surface area contributed by atoms with Gasteiger partial charge in [0.15, 0.2) is 0 Å². The zero-order valence-electron chi connectivity index (χ0n) is 14.7. The summed E-state index contributed by atoms with van der Waals surface area (Å²) in [6.45, 7) is 9.90. The Balaban J connectivity index is 1.70. The highest BCUT2D eigenvalue weighted by Crippen LogP contribution is 2.29. The Labute approximate surface area is 144 Å². The molecule has 0 unspecified atom stereocenters. The van der Waals surface area contributed by atoms with E-state index in [0.717, 1.165) is 77.4 Å². The number of nitrogens with one attached hydrogen (secondary N) is 1. The average molecular weight is 334 g/mol. The smallest absolute Gasteiger partial charge is 0.250 e. The van der Waals surface area contributed by atoms with Gasteiger partial charge in [-0.05, 0) is 45.3 Å². The van der Waals surface area contributed by atoms with E-state index < -0.39 is 0 Å². The second kappa shape index (κ2) is 8.14.